The molecule has 2 fully saturated rings. The topological polar surface area (TPSA) is 60.4 Å². The summed E-state index contributed by atoms with van der Waals surface area (Å²) >= 11 is 0. The molecule has 2 saturated carbocycles. The van der Waals surface area contributed by atoms with Gasteiger partial charge < -0.3 is 4.74 Å². The second-order valence-electron chi connectivity index (χ2n) is 12.9. The third-order valence-corrected chi connectivity index (χ3v) is 11.2. The van der Waals surface area contributed by atoms with Crippen molar-refractivity contribution in [3.05, 3.63) is 34.9 Å². The molecule has 35 heavy (non-hydrogen) atoms. The molecule has 1 spiro atoms. The van der Waals surface area contributed by atoms with E-state index in [0.29, 0.717) is 30.1 Å². The van der Waals surface area contributed by atoms with Gasteiger partial charge in [-0.1, -0.05) is 57.9 Å². The summed E-state index contributed by atoms with van der Waals surface area (Å²) in [7, 11) is 1.34. The molecule has 0 aliphatic heterocycles. The van der Waals surface area contributed by atoms with Crippen LogP contribution >= 0.6 is 0 Å². The van der Waals surface area contributed by atoms with Crippen molar-refractivity contribution in [1.82, 2.24) is 0 Å². The Bertz CT molecular complexity index is 1040. The quantitative estimate of drug-likeness (QED) is 0.243. The van der Waals surface area contributed by atoms with Gasteiger partial charge in [-0.05, 0) is 80.6 Å². The second-order valence-corrected chi connectivity index (χ2v) is 12.9. The van der Waals surface area contributed by atoms with Crippen LogP contribution in [0.25, 0.3) is 0 Å². The lowest BCUT2D eigenvalue weighted by Crippen LogP contribution is -2.50. The highest BCUT2D eigenvalue weighted by Crippen LogP contribution is 2.73. The SMILES string of the molecule is C=C1CCC(C)(C(C)CC(=O)C=C(C)C(=O)OC)C12CCC1=C2CCC2C(C)(C)C(=O)CCC12C. The van der Waals surface area contributed by atoms with Crippen LogP contribution in [-0.2, 0) is 19.1 Å². The second kappa shape index (κ2) is 8.56. The largest absolute Gasteiger partial charge is 0.466 e. The van der Waals surface area contributed by atoms with Crippen molar-refractivity contribution in [2.75, 3.05) is 7.11 Å². The Morgan fingerprint density at radius 2 is 1.74 bits per heavy atom. The smallest absolute Gasteiger partial charge is 0.333 e. The van der Waals surface area contributed by atoms with Crippen LogP contribution in [0.5, 0.6) is 0 Å². The van der Waals surface area contributed by atoms with Gasteiger partial charge in [-0.25, -0.2) is 4.79 Å². The molecular weight excluding hydrogens is 436 g/mol. The third kappa shape index (κ3) is 3.56. The molecule has 0 saturated heterocycles. The summed E-state index contributed by atoms with van der Waals surface area (Å²) < 4.78 is 4.76. The van der Waals surface area contributed by atoms with Crippen LogP contribution in [-0.4, -0.2) is 24.6 Å². The van der Waals surface area contributed by atoms with Gasteiger partial charge in [0, 0.05) is 29.2 Å². The van der Waals surface area contributed by atoms with E-state index >= 15 is 0 Å². The van der Waals surface area contributed by atoms with Crippen LogP contribution in [0, 0.1) is 33.5 Å². The first-order valence-electron chi connectivity index (χ1n) is 13.5. The minimum Gasteiger partial charge on any atom is -0.466 e. The number of methoxy groups -OCH3 is 1. The van der Waals surface area contributed by atoms with E-state index in [2.05, 4.69) is 41.2 Å². The molecule has 4 rings (SSSR count). The lowest BCUT2D eigenvalue weighted by molar-refractivity contribution is -0.139. The Morgan fingerprint density at radius 1 is 1.06 bits per heavy atom. The Labute approximate surface area is 211 Å². The maximum Gasteiger partial charge on any atom is 0.333 e. The molecule has 4 nitrogen and oxygen atoms in total. The van der Waals surface area contributed by atoms with Crippen LogP contribution in [0.1, 0.15) is 99.3 Å². The Kier molecular flexibility index (Phi) is 6.38. The van der Waals surface area contributed by atoms with Crippen molar-refractivity contribution in [2.45, 2.75) is 99.3 Å². The van der Waals surface area contributed by atoms with Gasteiger partial charge in [0.15, 0.2) is 5.78 Å². The highest BCUT2D eigenvalue weighted by atomic mass is 16.5. The summed E-state index contributed by atoms with van der Waals surface area (Å²) in [5.41, 5.74) is 4.63. The van der Waals surface area contributed by atoms with Crippen molar-refractivity contribution >= 4 is 17.5 Å². The molecule has 4 aliphatic carbocycles. The van der Waals surface area contributed by atoms with Crippen LogP contribution in [0.15, 0.2) is 34.9 Å². The summed E-state index contributed by atoms with van der Waals surface area (Å²) in [4.78, 5) is 37.6. The van der Waals surface area contributed by atoms with Gasteiger partial charge in [-0.2, -0.15) is 0 Å². The molecule has 0 heterocycles. The zero-order chi connectivity index (χ0) is 26.0. The standard InChI is InChI=1S/C31H44O4/c1-19(27(34)35-8)17-22(32)18-21(3)30(7)15-11-20(2)31(30)16-12-23-24(31)9-10-25-28(4,5)26(33)13-14-29(23,25)6/h17,21,25H,2,9-16,18H2,1,3-8H3. The Hall–Kier alpha value is -1.97. The van der Waals surface area contributed by atoms with E-state index in [-0.39, 0.29) is 33.4 Å². The van der Waals surface area contributed by atoms with Gasteiger partial charge in [0.25, 0.3) is 0 Å². The highest BCUT2D eigenvalue weighted by molar-refractivity contribution is 5.99. The first-order chi connectivity index (χ1) is 16.3. The zero-order valence-corrected chi connectivity index (χ0v) is 22.9. The van der Waals surface area contributed by atoms with Crippen LogP contribution in [0.4, 0.5) is 0 Å². The van der Waals surface area contributed by atoms with Crippen molar-refractivity contribution in [1.29, 1.82) is 0 Å². The molecule has 0 aromatic rings. The van der Waals surface area contributed by atoms with E-state index in [1.165, 1.54) is 18.8 Å². The van der Waals surface area contributed by atoms with Crippen LogP contribution < -0.4 is 0 Å². The van der Waals surface area contributed by atoms with E-state index in [0.717, 1.165) is 44.9 Å². The van der Waals surface area contributed by atoms with Gasteiger partial charge in [0.1, 0.15) is 5.78 Å². The predicted molar refractivity (Wildman–Crippen MR) is 139 cm³/mol. The van der Waals surface area contributed by atoms with E-state index in [9.17, 15) is 14.4 Å². The first-order valence-corrected chi connectivity index (χ1v) is 13.5. The van der Waals surface area contributed by atoms with Crippen LogP contribution in [0.3, 0.4) is 0 Å². The maximum atomic E-state index is 12.9. The molecule has 0 N–H and O–H groups in total. The number of hydrogen-bond donors (Lipinski definition) is 0. The number of carbonyl (C=O) groups excluding carboxylic acids is 3. The van der Waals surface area contributed by atoms with E-state index in [1.807, 2.05) is 0 Å². The molecule has 0 bridgehead atoms. The number of ether oxygens (including phenoxy) is 1. The summed E-state index contributed by atoms with van der Waals surface area (Å²) in [5, 5.41) is 0. The molecule has 4 aliphatic rings. The average molecular weight is 481 g/mol. The molecule has 0 aromatic heterocycles. The van der Waals surface area contributed by atoms with Gasteiger partial charge >= 0.3 is 5.97 Å². The molecule has 5 atom stereocenters. The summed E-state index contributed by atoms with van der Waals surface area (Å²) in [5.74, 6) is 0.528. The van der Waals surface area contributed by atoms with Gasteiger partial charge in [0.05, 0.1) is 7.11 Å². The lowest BCUT2D eigenvalue weighted by Gasteiger charge is -2.55. The van der Waals surface area contributed by atoms with Crippen molar-refractivity contribution in [2.24, 2.45) is 33.5 Å². The number of Topliss-reactive ketones (excluding diaryl/α,β-unsaturated/α-hetero) is 1. The minimum atomic E-state index is -0.451. The van der Waals surface area contributed by atoms with Crippen molar-refractivity contribution < 1.29 is 19.1 Å². The molecule has 5 unspecified atom stereocenters. The molecular formula is C31H44O4. The Balaban J connectivity index is 1.70. The number of rotatable bonds is 5. The van der Waals surface area contributed by atoms with Gasteiger partial charge in [0.2, 0.25) is 0 Å². The van der Waals surface area contributed by atoms with Crippen LogP contribution in [0.2, 0.25) is 0 Å². The Morgan fingerprint density at radius 3 is 2.40 bits per heavy atom. The summed E-state index contributed by atoms with van der Waals surface area (Å²) in [6.45, 7) is 17.7. The zero-order valence-electron chi connectivity index (χ0n) is 22.9. The molecule has 0 aromatic carbocycles. The van der Waals surface area contributed by atoms with Crippen molar-refractivity contribution in [3.8, 4) is 0 Å². The number of hydrogen-bond acceptors (Lipinski definition) is 4. The maximum absolute atomic E-state index is 12.9. The van der Waals surface area contributed by atoms with E-state index < -0.39 is 5.97 Å². The van der Waals surface area contributed by atoms with E-state index in [1.54, 1.807) is 18.1 Å². The number of carbonyl (C=O) groups is 3. The fraction of sp³-hybridized carbons (Fsp3) is 0.710. The number of allylic oxidation sites excluding steroid dienone is 4. The fourth-order valence-electron chi connectivity index (χ4n) is 9.03. The molecule has 4 heteroatoms. The highest BCUT2D eigenvalue weighted by Gasteiger charge is 2.64. The fourth-order valence-corrected chi connectivity index (χ4v) is 9.03. The molecule has 0 amide bonds. The number of esters is 1. The van der Waals surface area contributed by atoms with E-state index in [4.69, 9.17) is 4.74 Å². The van der Waals surface area contributed by atoms with Crippen molar-refractivity contribution in [3.63, 3.8) is 0 Å². The third-order valence-electron chi connectivity index (χ3n) is 11.2. The molecule has 192 valence electrons. The average Bonchev–Trinajstić information content (AvgIpc) is 3.32. The van der Waals surface area contributed by atoms with Gasteiger partial charge in [-0.3, -0.25) is 9.59 Å². The number of ketones is 2. The predicted octanol–water partition coefficient (Wildman–Crippen LogP) is 6.94. The summed E-state index contributed by atoms with van der Waals surface area (Å²) in [6.07, 6.45) is 9.84. The van der Waals surface area contributed by atoms with Gasteiger partial charge in [-0.15, -0.1) is 0 Å². The monoisotopic (exact) mass is 480 g/mol. The minimum absolute atomic E-state index is 0.00954. The molecule has 0 radical (unpaired) electrons. The number of fused-ring (bicyclic) bond motifs is 3. The summed E-state index contributed by atoms with van der Waals surface area (Å²) in [6, 6.07) is 0. The first kappa shape index (κ1) is 26.1. The normalized spacial score (nSPS) is 37.3. The lowest BCUT2D eigenvalue weighted by atomic mass is 9.48.